The van der Waals surface area contributed by atoms with Crippen LogP contribution in [0.15, 0.2) is 4.99 Å². The van der Waals surface area contributed by atoms with Crippen LogP contribution in [-0.2, 0) is 17.8 Å². The van der Waals surface area contributed by atoms with Gasteiger partial charge in [0.1, 0.15) is 0 Å². The quantitative estimate of drug-likeness (QED) is 0.391. The van der Waals surface area contributed by atoms with Gasteiger partial charge in [-0.3, -0.25) is 9.67 Å². The maximum Gasteiger partial charge on any atom is 0.191 e. The molecule has 0 aromatic carbocycles. The van der Waals surface area contributed by atoms with Crippen molar-refractivity contribution >= 4 is 5.96 Å². The molecular formula is C18H35N5O. The zero-order valence-corrected chi connectivity index (χ0v) is 16.3. The lowest BCUT2D eigenvalue weighted by Crippen LogP contribution is -2.42. The van der Waals surface area contributed by atoms with Gasteiger partial charge in [-0.2, -0.15) is 5.10 Å². The summed E-state index contributed by atoms with van der Waals surface area (Å²) in [7, 11) is 3.53. The van der Waals surface area contributed by atoms with E-state index in [2.05, 4.69) is 48.4 Å². The molecule has 138 valence electrons. The molecule has 0 aliphatic rings. The van der Waals surface area contributed by atoms with Crippen molar-refractivity contribution in [3.8, 4) is 0 Å². The maximum absolute atomic E-state index is 5.14. The van der Waals surface area contributed by atoms with Crippen LogP contribution in [0.1, 0.15) is 56.5 Å². The molecule has 0 aliphatic carbocycles. The summed E-state index contributed by atoms with van der Waals surface area (Å²) < 4.78 is 7.16. The van der Waals surface area contributed by atoms with Crippen LogP contribution in [0.5, 0.6) is 0 Å². The molecule has 24 heavy (non-hydrogen) atoms. The number of unbranched alkanes of at least 4 members (excludes halogenated alkanes) is 2. The monoisotopic (exact) mass is 337 g/mol. The average molecular weight is 338 g/mol. The number of hydrogen-bond donors (Lipinski definition) is 2. The fraction of sp³-hybridized carbons (Fsp3) is 0.778. The van der Waals surface area contributed by atoms with E-state index < -0.39 is 0 Å². The third-order valence-electron chi connectivity index (χ3n) is 4.32. The molecule has 0 aliphatic heterocycles. The molecule has 0 amide bonds. The zero-order valence-electron chi connectivity index (χ0n) is 16.3. The number of aryl methyl sites for hydroxylation is 1. The van der Waals surface area contributed by atoms with Gasteiger partial charge >= 0.3 is 0 Å². The Morgan fingerprint density at radius 1 is 1.33 bits per heavy atom. The lowest BCUT2D eigenvalue weighted by atomic mass is 10.1. The number of guanidine groups is 1. The number of aromatic nitrogens is 2. The number of aliphatic imine (C=N–C) groups is 1. The molecule has 0 saturated carbocycles. The summed E-state index contributed by atoms with van der Waals surface area (Å²) in [6.45, 7) is 10.8. The number of hydrogen-bond acceptors (Lipinski definition) is 3. The molecule has 0 fully saturated rings. The van der Waals surface area contributed by atoms with Crippen LogP contribution >= 0.6 is 0 Å². The van der Waals surface area contributed by atoms with Crippen LogP contribution in [0.2, 0.25) is 0 Å². The summed E-state index contributed by atoms with van der Waals surface area (Å²) in [5.41, 5.74) is 3.47. The van der Waals surface area contributed by atoms with Crippen molar-refractivity contribution < 1.29 is 4.74 Å². The van der Waals surface area contributed by atoms with Crippen LogP contribution in [-0.4, -0.2) is 42.5 Å². The van der Waals surface area contributed by atoms with Gasteiger partial charge in [0.2, 0.25) is 0 Å². The van der Waals surface area contributed by atoms with Gasteiger partial charge in [0.25, 0.3) is 0 Å². The first kappa shape index (κ1) is 20.5. The van der Waals surface area contributed by atoms with Gasteiger partial charge < -0.3 is 15.4 Å². The number of nitrogens with zero attached hydrogens (tertiary/aromatic N) is 3. The Balaban J connectivity index is 2.55. The van der Waals surface area contributed by atoms with Gasteiger partial charge in [-0.15, -0.1) is 0 Å². The fourth-order valence-electron chi connectivity index (χ4n) is 2.76. The van der Waals surface area contributed by atoms with Crippen molar-refractivity contribution in [1.29, 1.82) is 0 Å². The Kier molecular flexibility index (Phi) is 9.45. The van der Waals surface area contributed by atoms with Crippen LogP contribution in [0.4, 0.5) is 0 Å². The first-order valence-corrected chi connectivity index (χ1v) is 9.02. The minimum Gasteiger partial charge on any atom is -0.383 e. The Morgan fingerprint density at radius 3 is 2.71 bits per heavy atom. The standard InChI is InChI=1S/C18H35N5O/c1-7-8-9-10-14(2)21-18(19-5)20-13-17-15(3)22-23(16(17)4)11-12-24-6/h14H,7-13H2,1-6H3,(H2,19,20,21). The Labute approximate surface area is 147 Å². The summed E-state index contributed by atoms with van der Waals surface area (Å²) in [5.74, 6) is 0.849. The predicted octanol–water partition coefficient (Wildman–Crippen LogP) is 2.78. The van der Waals surface area contributed by atoms with Gasteiger partial charge in [0.15, 0.2) is 5.96 Å². The molecule has 0 bridgehead atoms. The highest BCUT2D eigenvalue weighted by molar-refractivity contribution is 5.79. The molecule has 0 spiro atoms. The molecule has 6 nitrogen and oxygen atoms in total. The van der Waals surface area contributed by atoms with E-state index in [1.54, 1.807) is 7.11 Å². The van der Waals surface area contributed by atoms with Crippen molar-refractivity contribution in [3.05, 3.63) is 17.0 Å². The molecule has 1 aromatic heterocycles. The summed E-state index contributed by atoms with van der Waals surface area (Å²) in [6, 6.07) is 0.425. The van der Waals surface area contributed by atoms with Crippen LogP contribution in [0.3, 0.4) is 0 Å². The third kappa shape index (κ3) is 6.51. The van der Waals surface area contributed by atoms with Crippen molar-refractivity contribution in [3.63, 3.8) is 0 Å². The molecule has 0 saturated heterocycles. The first-order chi connectivity index (χ1) is 11.5. The molecule has 1 rings (SSSR count). The molecule has 6 heteroatoms. The highest BCUT2D eigenvalue weighted by atomic mass is 16.5. The topological polar surface area (TPSA) is 63.5 Å². The number of methoxy groups -OCH3 is 1. The van der Waals surface area contributed by atoms with E-state index in [1.807, 2.05) is 11.7 Å². The van der Waals surface area contributed by atoms with Crippen LogP contribution in [0.25, 0.3) is 0 Å². The van der Waals surface area contributed by atoms with E-state index >= 15 is 0 Å². The van der Waals surface area contributed by atoms with Gasteiger partial charge in [-0.1, -0.05) is 26.2 Å². The Bertz CT molecular complexity index is 510. The number of ether oxygens (including phenoxy) is 1. The second-order valence-corrected chi connectivity index (χ2v) is 6.33. The second-order valence-electron chi connectivity index (χ2n) is 6.33. The van der Waals surface area contributed by atoms with E-state index in [0.29, 0.717) is 12.6 Å². The van der Waals surface area contributed by atoms with Crippen molar-refractivity contribution in [2.45, 2.75) is 72.5 Å². The van der Waals surface area contributed by atoms with Gasteiger partial charge in [-0.25, -0.2) is 0 Å². The molecule has 1 atom stereocenters. The highest BCUT2D eigenvalue weighted by Crippen LogP contribution is 2.12. The molecule has 1 unspecified atom stereocenters. The molecule has 1 aromatic rings. The zero-order chi connectivity index (χ0) is 17.9. The molecule has 1 heterocycles. The SMILES string of the molecule is CCCCCC(C)NC(=NC)NCc1c(C)nn(CCOC)c1C. The summed E-state index contributed by atoms with van der Waals surface area (Å²) in [4.78, 5) is 4.33. The summed E-state index contributed by atoms with van der Waals surface area (Å²) in [6.07, 6.45) is 4.97. The van der Waals surface area contributed by atoms with Gasteiger partial charge in [-0.05, 0) is 27.2 Å². The summed E-state index contributed by atoms with van der Waals surface area (Å²) in [5, 5.41) is 11.5. The smallest absolute Gasteiger partial charge is 0.191 e. The third-order valence-corrected chi connectivity index (χ3v) is 4.32. The Hall–Kier alpha value is -1.56. The van der Waals surface area contributed by atoms with E-state index in [9.17, 15) is 0 Å². The normalized spacial score (nSPS) is 13.2. The van der Waals surface area contributed by atoms with E-state index in [4.69, 9.17) is 4.74 Å². The fourth-order valence-corrected chi connectivity index (χ4v) is 2.76. The summed E-state index contributed by atoms with van der Waals surface area (Å²) >= 11 is 0. The maximum atomic E-state index is 5.14. The second kappa shape index (κ2) is 11.1. The molecule has 2 N–H and O–H groups in total. The van der Waals surface area contributed by atoms with Crippen molar-refractivity contribution in [2.75, 3.05) is 20.8 Å². The lowest BCUT2D eigenvalue weighted by Gasteiger charge is -2.18. The van der Waals surface area contributed by atoms with Gasteiger partial charge in [0, 0.05) is 38.0 Å². The van der Waals surface area contributed by atoms with E-state index in [0.717, 1.165) is 24.7 Å². The minimum absolute atomic E-state index is 0.425. The average Bonchev–Trinajstić information content (AvgIpc) is 2.83. The minimum atomic E-state index is 0.425. The van der Waals surface area contributed by atoms with Gasteiger partial charge in [0.05, 0.1) is 18.8 Å². The largest absolute Gasteiger partial charge is 0.383 e. The van der Waals surface area contributed by atoms with E-state index in [1.165, 1.54) is 36.9 Å². The highest BCUT2D eigenvalue weighted by Gasteiger charge is 2.12. The van der Waals surface area contributed by atoms with Crippen LogP contribution < -0.4 is 10.6 Å². The van der Waals surface area contributed by atoms with Crippen molar-refractivity contribution in [2.24, 2.45) is 4.99 Å². The number of nitrogens with one attached hydrogen (secondary N) is 2. The lowest BCUT2D eigenvalue weighted by molar-refractivity contribution is 0.182. The molecule has 0 radical (unpaired) electrons. The van der Waals surface area contributed by atoms with E-state index in [-0.39, 0.29) is 0 Å². The predicted molar refractivity (Wildman–Crippen MR) is 101 cm³/mol. The Morgan fingerprint density at radius 2 is 2.08 bits per heavy atom. The molecular weight excluding hydrogens is 302 g/mol. The number of rotatable bonds is 10. The first-order valence-electron chi connectivity index (χ1n) is 9.02. The van der Waals surface area contributed by atoms with Crippen molar-refractivity contribution in [1.82, 2.24) is 20.4 Å². The van der Waals surface area contributed by atoms with Crippen LogP contribution in [0, 0.1) is 13.8 Å².